The summed E-state index contributed by atoms with van der Waals surface area (Å²) in [5.74, 6) is 7.20. The molecule has 0 aliphatic rings. The molecule has 0 saturated carbocycles. The van der Waals surface area contributed by atoms with Gasteiger partial charge in [-0.25, -0.2) is 15.8 Å². The van der Waals surface area contributed by atoms with Gasteiger partial charge >= 0.3 is 0 Å². The molecule has 0 saturated heterocycles. The predicted octanol–water partition coefficient (Wildman–Crippen LogP) is 0.526. The summed E-state index contributed by atoms with van der Waals surface area (Å²) in [5, 5.41) is 7.43. The van der Waals surface area contributed by atoms with Crippen LogP contribution in [0.15, 0.2) is 18.5 Å². The quantitative estimate of drug-likeness (QED) is 0.501. The molecule has 0 bridgehead atoms. The molecule has 0 unspecified atom stereocenters. The van der Waals surface area contributed by atoms with Gasteiger partial charge in [0, 0.05) is 25.9 Å². The van der Waals surface area contributed by atoms with Crippen LogP contribution in [-0.2, 0) is 17.9 Å². The number of ether oxygens (including phenoxy) is 1. The molecule has 108 valence electrons. The van der Waals surface area contributed by atoms with Crippen molar-refractivity contribution in [2.75, 3.05) is 24.4 Å². The lowest BCUT2D eigenvalue weighted by atomic mass is 10.4. The molecule has 2 aromatic heterocycles. The van der Waals surface area contributed by atoms with Gasteiger partial charge in [0.2, 0.25) is 0 Å². The fourth-order valence-corrected chi connectivity index (χ4v) is 1.74. The van der Waals surface area contributed by atoms with Crippen molar-refractivity contribution < 1.29 is 4.74 Å². The van der Waals surface area contributed by atoms with E-state index in [0.717, 1.165) is 12.1 Å². The summed E-state index contributed by atoms with van der Waals surface area (Å²) in [7, 11) is 1.60. The van der Waals surface area contributed by atoms with E-state index < -0.39 is 0 Å². The van der Waals surface area contributed by atoms with Crippen molar-refractivity contribution in [3.05, 3.63) is 29.8 Å². The Bertz CT molecular complexity index is 554. The van der Waals surface area contributed by atoms with Crippen LogP contribution in [0.2, 0.25) is 0 Å². The first-order valence-corrected chi connectivity index (χ1v) is 6.27. The van der Waals surface area contributed by atoms with Crippen LogP contribution < -0.4 is 16.6 Å². The molecule has 0 aliphatic carbocycles. The number of aromatic nitrogens is 4. The van der Waals surface area contributed by atoms with Gasteiger partial charge in [-0.05, 0) is 12.5 Å². The highest BCUT2D eigenvalue weighted by Crippen LogP contribution is 2.10. The van der Waals surface area contributed by atoms with Gasteiger partial charge in [-0.1, -0.05) is 0 Å². The molecule has 0 atom stereocenters. The summed E-state index contributed by atoms with van der Waals surface area (Å²) < 4.78 is 6.90. The SMILES string of the molecule is COCc1nc(NN)cc(NCCn2cc(C)cn2)n1. The number of nitrogens with two attached hydrogens (primary N) is 1. The third-order valence-electron chi connectivity index (χ3n) is 2.60. The lowest BCUT2D eigenvalue weighted by Gasteiger charge is -2.09. The van der Waals surface area contributed by atoms with Crippen molar-refractivity contribution in [2.45, 2.75) is 20.1 Å². The van der Waals surface area contributed by atoms with Crippen LogP contribution in [-0.4, -0.2) is 33.4 Å². The Balaban J connectivity index is 1.95. The molecule has 0 fully saturated rings. The van der Waals surface area contributed by atoms with E-state index in [1.165, 1.54) is 0 Å². The van der Waals surface area contributed by atoms with Gasteiger partial charge in [-0.15, -0.1) is 0 Å². The number of hydrazine groups is 1. The number of rotatable bonds is 7. The fraction of sp³-hybridized carbons (Fsp3) is 0.417. The predicted molar refractivity (Wildman–Crippen MR) is 76.0 cm³/mol. The summed E-state index contributed by atoms with van der Waals surface area (Å²) in [5.41, 5.74) is 3.66. The van der Waals surface area contributed by atoms with Gasteiger partial charge < -0.3 is 15.5 Å². The van der Waals surface area contributed by atoms with Gasteiger partial charge in [-0.2, -0.15) is 5.10 Å². The highest BCUT2D eigenvalue weighted by Gasteiger charge is 2.03. The Labute approximate surface area is 117 Å². The third kappa shape index (κ3) is 3.90. The van der Waals surface area contributed by atoms with Crippen LogP contribution in [0.1, 0.15) is 11.4 Å². The normalized spacial score (nSPS) is 10.6. The summed E-state index contributed by atoms with van der Waals surface area (Å²) in [6.45, 7) is 3.80. The summed E-state index contributed by atoms with van der Waals surface area (Å²) in [6, 6.07) is 1.74. The summed E-state index contributed by atoms with van der Waals surface area (Å²) in [4.78, 5) is 8.52. The van der Waals surface area contributed by atoms with Crippen molar-refractivity contribution >= 4 is 11.6 Å². The number of nitrogens with one attached hydrogen (secondary N) is 2. The maximum Gasteiger partial charge on any atom is 0.158 e. The standard InChI is InChI=1S/C12H19N7O/c1-9-6-15-19(7-9)4-3-14-10-5-11(18-13)17-12(16-10)8-20-2/h5-7H,3-4,8,13H2,1-2H3,(H2,14,16,17,18). The molecule has 2 heterocycles. The van der Waals surface area contributed by atoms with E-state index in [0.29, 0.717) is 30.6 Å². The molecule has 0 aliphatic heterocycles. The van der Waals surface area contributed by atoms with E-state index in [-0.39, 0.29) is 0 Å². The van der Waals surface area contributed by atoms with Crippen molar-refractivity contribution in [2.24, 2.45) is 5.84 Å². The Kier molecular flexibility index (Phi) is 4.85. The van der Waals surface area contributed by atoms with Crippen molar-refractivity contribution in [3.8, 4) is 0 Å². The zero-order chi connectivity index (χ0) is 14.4. The average molecular weight is 277 g/mol. The largest absolute Gasteiger partial charge is 0.377 e. The number of hydrogen-bond donors (Lipinski definition) is 3. The van der Waals surface area contributed by atoms with Crippen molar-refractivity contribution in [3.63, 3.8) is 0 Å². The minimum Gasteiger partial charge on any atom is -0.377 e. The van der Waals surface area contributed by atoms with Gasteiger partial charge in [0.1, 0.15) is 18.2 Å². The lowest BCUT2D eigenvalue weighted by molar-refractivity contribution is 0.178. The van der Waals surface area contributed by atoms with Crippen molar-refractivity contribution in [1.29, 1.82) is 0 Å². The molecule has 2 rings (SSSR count). The Morgan fingerprint density at radius 1 is 1.35 bits per heavy atom. The van der Waals surface area contributed by atoms with E-state index in [1.807, 2.05) is 24.0 Å². The maximum absolute atomic E-state index is 5.38. The number of hydrogen-bond acceptors (Lipinski definition) is 7. The molecule has 2 aromatic rings. The average Bonchev–Trinajstić information content (AvgIpc) is 2.84. The molecule has 0 aromatic carbocycles. The van der Waals surface area contributed by atoms with Gasteiger partial charge in [-0.3, -0.25) is 4.68 Å². The smallest absolute Gasteiger partial charge is 0.158 e. The Morgan fingerprint density at radius 2 is 2.15 bits per heavy atom. The van der Waals surface area contributed by atoms with Crippen LogP contribution >= 0.6 is 0 Å². The first-order valence-electron chi connectivity index (χ1n) is 6.27. The van der Waals surface area contributed by atoms with E-state index >= 15 is 0 Å². The van der Waals surface area contributed by atoms with Crippen LogP contribution in [0.3, 0.4) is 0 Å². The van der Waals surface area contributed by atoms with Crippen molar-refractivity contribution in [1.82, 2.24) is 19.7 Å². The van der Waals surface area contributed by atoms with E-state index in [2.05, 4.69) is 25.8 Å². The number of nitrogen functional groups attached to an aromatic ring is 1. The second-order valence-electron chi connectivity index (χ2n) is 4.34. The zero-order valence-corrected chi connectivity index (χ0v) is 11.6. The topological polar surface area (TPSA) is 103 Å². The highest BCUT2D eigenvalue weighted by atomic mass is 16.5. The molecular formula is C12H19N7O. The van der Waals surface area contributed by atoms with E-state index in [9.17, 15) is 0 Å². The first-order chi connectivity index (χ1) is 9.71. The van der Waals surface area contributed by atoms with Crippen LogP contribution in [0.5, 0.6) is 0 Å². The number of anilines is 2. The Morgan fingerprint density at radius 3 is 2.80 bits per heavy atom. The molecule has 8 nitrogen and oxygen atoms in total. The monoisotopic (exact) mass is 277 g/mol. The Hall–Kier alpha value is -2.19. The molecule has 0 radical (unpaired) electrons. The second kappa shape index (κ2) is 6.83. The number of aryl methyl sites for hydroxylation is 1. The minimum absolute atomic E-state index is 0.336. The lowest BCUT2D eigenvalue weighted by Crippen LogP contribution is -2.15. The molecular weight excluding hydrogens is 258 g/mol. The molecule has 8 heteroatoms. The number of methoxy groups -OCH3 is 1. The first kappa shape index (κ1) is 14.2. The third-order valence-corrected chi connectivity index (χ3v) is 2.60. The van der Waals surface area contributed by atoms with Crippen LogP contribution in [0.25, 0.3) is 0 Å². The second-order valence-corrected chi connectivity index (χ2v) is 4.34. The number of nitrogens with zero attached hydrogens (tertiary/aromatic N) is 4. The summed E-state index contributed by atoms with van der Waals surface area (Å²) >= 11 is 0. The molecule has 0 spiro atoms. The minimum atomic E-state index is 0.336. The summed E-state index contributed by atoms with van der Waals surface area (Å²) in [6.07, 6.45) is 3.82. The maximum atomic E-state index is 5.38. The zero-order valence-electron chi connectivity index (χ0n) is 11.6. The van der Waals surface area contributed by atoms with Gasteiger partial charge in [0.15, 0.2) is 5.82 Å². The van der Waals surface area contributed by atoms with Gasteiger partial charge in [0.25, 0.3) is 0 Å². The molecule has 4 N–H and O–H groups in total. The fourth-order valence-electron chi connectivity index (χ4n) is 1.74. The van der Waals surface area contributed by atoms with Crippen LogP contribution in [0, 0.1) is 6.92 Å². The molecule has 0 amide bonds. The van der Waals surface area contributed by atoms with E-state index in [4.69, 9.17) is 10.6 Å². The highest BCUT2D eigenvalue weighted by molar-refractivity contribution is 5.46. The van der Waals surface area contributed by atoms with Crippen LogP contribution in [0.4, 0.5) is 11.6 Å². The van der Waals surface area contributed by atoms with Gasteiger partial charge in [0.05, 0.1) is 12.7 Å². The van der Waals surface area contributed by atoms with E-state index in [1.54, 1.807) is 13.2 Å². The molecule has 20 heavy (non-hydrogen) atoms.